The van der Waals surface area contributed by atoms with Crippen LogP contribution in [0.5, 0.6) is 0 Å². The van der Waals surface area contributed by atoms with E-state index in [4.69, 9.17) is 0 Å². The Labute approximate surface area is 71.7 Å². The lowest BCUT2D eigenvalue weighted by atomic mass is 10.2. The SMILES string of the molecule is CC1=CC(=C2C=CC=N2)N=C1C. The maximum absolute atomic E-state index is 4.39. The van der Waals surface area contributed by atoms with Crippen molar-refractivity contribution in [3.8, 4) is 0 Å². The molecule has 0 atom stereocenters. The molecule has 2 aliphatic heterocycles. The van der Waals surface area contributed by atoms with Gasteiger partial charge in [0.25, 0.3) is 0 Å². The van der Waals surface area contributed by atoms with Crippen molar-refractivity contribution in [2.24, 2.45) is 9.98 Å². The van der Waals surface area contributed by atoms with E-state index in [1.54, 1.807) is 6.21 Å². The van der Waals surface area contributed by atoms with Crippen LogP contribution >= 0.6 is 0 Å². The maximum atomic E-state index is 4.39. The molecule has 0 amide bonds. The van der Waals surface area contributed by atoms with Crippen LogP contribution in [0.4, 0.5) is 0 Å². The minimum absolute atomic E-state index is 0.964. The van der Waals surface area contributed by atoms with Gasteiger partial charge in [-0.1, -0.05) is 0 Å². The third kappa shape index (κ3) is 1.05. The molecular weight excluding hydrogens is 148 g/mol. The smallest absolute Gasteiger partial charge is 0.0892 e. The van der Waals surface area contributed by atoms with Crippen LogP contribution in [-0.2, 0) is 0 Å². The van der Waals surface area contributed by atoms with Crippen LogP contribution in [-0.4, -0.2) is 11.9 Å². The highest BCUT2D eigenvalue weighted by atomic mass is 14.8. The summed E-state index contributed by atoms with van der Waals surface area (Å²) < 4.78 is 0. The van der Waals surface area contributed by atoms with Crippen molar-refractivity contribution in [1.82, 2.24) is 0 Å². The molecule has 0 aromatic carbocycles. The first-order valence-electron chi connectivity index (χ1n) is 3.96. The fourth-order valence-corrected chi connectivity index (χ4v) is 1.19. The summed E-state index contributed by atoms with van der Waals surface area (Å²) in [6.45, 7) is 4.08. The van der Waals surface area contributed by atoms with Gasteiger partial charge in [-0.2, -0.15) is 0 Å². The fourth-order valence-electron chi connectivity index (χ4n) is 1.19. The molecule has 2 heterocycles. The molecule has 0 aromatic rings. The van der Waals surface area contributed by atoms with E-state index in [0.29, 0.717) is 0 Å². The van der Waals surface area contributed by atoms with Gasteiger partial charge in [-0.15, -0.1) is 0 Å². The van der Waals surface area contributed by atoms with E-state index in [0.717, 1.165) is 17.1 Å². The Balaban J connectivity index is 2.47. The molecule has 0 bridgehead atoms. The molecule has 2 rings (SSSR count). The van der Waals surface area contributed by atoms with Crippen molar-refractivity contribution in [1.29, 1.82) is 0 Å². The first kappa shape index (κ1) is 7.22. The van der Waals surface area contributed by atoms with Gasteiger partial charge in [-0.3, -0.25) is 9.98 Å². The van der Waals surface area contributed by atoms with E-state index < -0.39 is 0 Å². The van der Waals surface area contributed by atoms with Crippen LogP contribution in [0, 0.1) is 0 Å². The highest BCUT2D eigenvalue weighted by Gasteiger charge is 2.10. The quantitative estimate of drug-likeness (QED) is 0.516. The monoisotopic (exact) mass is 158 g/mol. The molecule has 12 heavy (non-hydrogen) atoms. The second kappa shape index (κ2) is 2.55. The minimum atomic E-state index is 0.964. The lowest BCUT2D eigenvalue weighted by molar-refractivity contribution is 1.31. The number of aliphatic imine (C=N–C) groups is 2. The number of hydrogen-bond acceptors (Lipinski definition) is 2. The Hall–Kier alpha value is -1.44. The largest absolute Gasteiger partial charge is 0.255 e. The molecule has 0 aromatic heterocycles. The molecule has 0 fully saturated rings. The highest BCUT2D eigenvalue weighted by molar-refractivity contribution is 6.01. The normalized spacial score (nSPS) is 26.5. The van der Waals surface area contributed by atoms with Gasteiger partial charge >= 0.3 is 0 Å². The van der Waals surface area contributed by atoms with E-state index in [1.165, 1.54) is 5.57 Å². The van der Waals surface area contributed by atoms with Gasteiger partial charge in [0, 0.05) is 11.9 Å². The van der Waals surface area contributed by atoms with E-state index in [9.17, 15) is 0 Å². The standard InChI is InChI=1S/C10H10N2/c1-7-6-10(12-8(7)2)9-4-3-5-11-9/h3-6H,1-2H3. The molecule has 0 radical (unpaired) electrons. The van der Waals surface area contributed by atoms with Crippen molar-refractivity contribution in [2.75, 3.05) is 0 Å². The van der Waals surface area contributed by atoms with Gasteiger partial charge in [-0.25, -0.2) is 0 Å². The predicted octanol–water partition coefficient (Wildman–Crippen LogP) is 2.26. The summed E-state index contributed by atoms with van der Waals surface area (Å²) in [4.78, 5) is 8.57. The Kier molecular flexibility index (Phi) is 1.54. The van der Waals surface area contributed by atoms with E-state index in [-0.39, 0.29) is 0 Å². The molecular formula is C10H10N2. The summed E-state index contributed by atoms with van der Waals surface area (Å²) in [5.74, 6) is 0. The van der Waals surface area contributed by atoms with Crippen molar-refractivity contribution in [3.63, 3.8) is 0 Å². The zero-order valence-corrected chi connectivity index (χ0v) is 7.20. The average molecular weight is 158 g/mol. The van der Waals surface area contributed by atoms with Crippen molar-refractivity contribution in [2.45, 2.75) is 13.8 Å². The number of allylic oxidation sites excluding steroid dienone is 4. The maximum Gasteiger partial charge on any atom is 0.0892 e. The van der Waals surface area contributed by atoms with Gasteiger partial charge in [-0.05, 0) is 37.6 Å². The average Bonchev–Trinajstić information content (AvgIpc) is 2.61. The van der Waals surface area contributed by atoms with Crippen molar-refractivity contribution >= 4 is 11.9 Å². The molecule has 60 valence electrons. The summed E-state index contributed by atoms with van der Waals surface area (Å²) in [6.07, 6.45) is 7.75. The fraction of sp³-hybridized carbons (Fsp3) is 0.200. The molecule has 0 saturated heterocycles. The van der Waals surface area contributed by atoms with E-state index in [2.05, 4.69) is 23.0 Å². The second-order valence-corrected chi connectivity index (χ2v) is 2.93. The van der Waals surface area contributed by atoms with Gasteiger partial charge in [0.2, 0.25) is 0 Å². The van der Waals surface area contributed by atoms with Crippen molar-refractivity contribution in [3.05, 3.63) is 35.2 Å². The summed E-state index contributed by atoms with van der Waals surface area (Å²) in [5.41, 5.74) is 4.27. The van der Waals surface area contributed by atoms with Crippen molar-refractivity contribution < 1.29 is 0 Å². The topological polar surface area (TPSA) is 24.7 Å². The Bertz CT molecular complexity index is 331. The summed E-state index contributed by atoms with van der Waals surface area (Å²) in [5, 5.41) is 0. The van der Waals surface area contributed by atoms with Crippen LogP contribution < -0.4 is 0 Å². The predicted molar refractivity (Wildman–Crippen MR) is 51.5 cm³/mol. The Morgan fingerprint density at radius 1 is 1.17 bits per heavy atom. The molecule has 2 aliphatic rings. The van der Waals surface area contributed by atoms with Gasteiger partial charge in [0.15, 0.2) is 0 Å². The Morgan fingerprint density at radius 2 is 2.00 bits per heavy atom. The van der Waals surface area contributed by atoms with Gasteiger partial charge in [0.05, 0.1) is 11.4 Å². The molecule has 0 N–H and O–H groups in total. The summed E-state index contributed by atoms with van der Waals surface area (Å²) >= 11 is 0. The lowest BCUT2D eigenvalue weighted by Gasteiger charge is -1.90. The first-order valence-corrected chi connectivity index (χ1v) is 3.96. The molecule has 2 heteroatoms. The second-order valence-electron chi connectivity index (χ2n) is 2.93. The molecule has 0 aliphatic carbocycles. The van der Waals surface area contributed by atoms with Gasteiger partial charge < -0.3 is 0 Å². The summed E-state index contributed by atoms with van der Waals surface area (Å²) in [7, 11) is 0. The lowest BCUT2D eigenvalue weighted by Crippen LogP contribution is -1.84. The number of rotatable bonds is 0. The van der Waals surface area contributed by atoms with E-state index in [1.807, 2.05) is 19.1 Å². The molecule has 2 nitrogen and oxygen atoms in total. The zero-order valence-electron chi connectivity index (χ0n) is 7.20. The molecule has 0 saturated carbocycles. The minimum Gasteiger partial charge on any atom is -0.255 e. The third-order valence-corrected chi connectivity index (χ3v) is 2.03. The van der Waals surface area contributed by atoms with Gasteiger partial charge in [0.1, 0.15) is 0 Å². The third-order valence-electron chi connectivity index (χ3n) is 2.03. The first-order chi connectivity index (χ1) is 5.77. The van der Waals surface area contributed by atoms with Crippen LogP contribution in [0.1, 0.15) is 13.8 Å². The molecule has 0 spiro atoms. The highest BCUT2D eigenvalue weighted by Crippen LogP contribution is 2.21. The zero-order chi connectivity index (χ0) is 8.55. The number of nitrogens with zero attached hydrogens (tertiary/aromatic N) is 2. The van der Waals surface area contributed by atoms with Crippen LogP contribution in [0.3, 0.4) is 0 Å². The number of hydrogen-bond donors (Lipinski definition) is 0. The molecule has 0 unspecified atom stereocenters. The van der Waals surface area contributed by atoms with Crippen LogP contribution in [0.2, 0.25) is 0 Å². The van der Waals surface area contributed by atoms with E-state index >= 15 is 0 Å². The van der Waals surface area contributed by atoms with Crippen LogP contribution in [0.15, 0.2) is 45.2 Å². The summed E-state index contributed by atoms with van der Waals surface area (Å²) in [6, 6.07) is 0. The van der Waals surface area contributed by atoms with Crippen LogP contribution in [0.25, 0.3) is 0 Å². The Morgan fingerprint density at radius 3 is 2.50 bits per heavy atom.